The minimum absolute atomic E-state index is 0.0560. The van der Waals surface area contributed by atoms with Gasteiger partial charge in [0.15, 0.2) is 5.13 Å². The van der Waals surface area contributed by atoms with E-state index in [1.807, 2.05) is 0 Å². The maximum atomic E-state index is 13.3. The van der Waals surface area contributed by atoms with Crippen LogP contribution in [0.2, 0.25) is 0 Å². The van der Waals surface area contributed by atoms with Crippen molar-refractivity contribution in [1.82, 2.24) is 4.98 Å². The molecule has 0 amide bonds. The minimum atomic E-state index is -3.83. The molecular formula is C13H13FN2O3S2. The van der Waals surface area contributed by atoms with Crippen molar-refractivity contribution in [3.63, 3.8) is 0 Å². The Morgan fingerprint density at radius 2 is 2.19 bits per heavy atom. The van der Waals surface area contributed by atoms with Gasteiger partial charge >= 0.3 is 0 Å². The number of benzene rings is 1. The Kier molecular flexibility index (Phi) is 3.68. The van der Waals surface area contributed by atoms with Gasteiger partial charge in [-0.25, -0.2) is 17.8 Å². The van der Waals surface area contributed by atoms with Crippen LogP contribution >= 0.6 is 11.3 Å². The van der Waals surface area contributed by atoms with E-state index in [9.17, 15) is 12.8 Å². The van der Waals surface area contributed by atoms with Gasteiger partial charge in [-0.1, -0.05) is 0 Å². The van der Waals surface area contributed by atoms with E-state index in [0.717, 1.165) is 48.0 Å². The van der Waals surface area contributed by atoms with Crippen molar-refractivity contribution in [3.8, 4) is 0 Å². The number of fused-ring (bicyclic) bond motifs is 1. The first-order valence-electron chi connectivity index (χ1n) is 6.40. The lowest BCUT2D eigenvalue weighted by Crippen LogP contribution is -2.13. The Hall–Kier alpha value is -1.51. The highest BCUT2D eigenvalue weighted by Gasteiger charge is 2.21. The molecule has 21 heavy (non-hydrogen) atoms. The zero-order valence-corrected chi connectivity index (χ0v) is 12.6. The summed E-state index contributed by atoms with van der Waals surface area (Å²) in [4.78, 5) is 5.29. The van der Waals surface area contributed by atoms with Crippen LogP contribution in [0.5, 0.6) is 0 Å². The highest BCUT2D eigenvalue weighted by molar-refractivity contribution is 7.93. The third-order valence-corrected chi connectivity index (χ3v) is 5.85. The van der Waals surface area contributed by atoms with E-state index in [0.29, 0.717) is 5.13 Å². The largest absolute Gasteiger partial charge is 0.392 e. The van der Waals surface area contributed by atoms with E-state index >= 15 is 0 Å². The number of thiazole rings is 1. The first-order valence-corrected chi connectivity index (χ1v) is 8.70. The van der Waals surface area contributed by atoms with Crippen LogP contribution in [-0.4, -0.2) is 18.5 Å². The fourth-order valence-electron chi connectivity index (χ4n) is 2.25. The summed E-state index contributed by atoms with van der Waals surface area (Å²) in [6.45, 7) is -0.555. The Morgan fingerprint density at radius 3 is 2.90 bits per heavy atom. The molecule has 0 aliphatic heterocycles. The molecule has 0 atom stereocenters. The van der Waals surface area contributed by atoms with Crippen molar-refractivity contribution >= 4 is 26.5 Å². The quantitative estimate of drug-likeness (QED) is 0.900. The first kappa shape index (κ1) is 14.4. The third-order valence-electron chi connectivity index (χ3n) is 3.32. The van der Waals surface area contributed by atoms with Crippen LogP contribution < -0.4 is 4.72 Å². The number of anilines is 1. The maximum Gasteiger partial charge on any atom is 0.263 e. The summed E-state index contributed by atoms with van der Waals surface area (Å²) in [5, 5.41) is 9.34. The molecule has 0 spiro atoms. The molecule has 0 saturated carbocycles. The molecule has 0 bridgehead atoms. The SMILES string of the molecule is O=S(=O)(Nc1nc2c(s1)CCC2)c1ccc(F)c(CO)c1. The van der Waals surface area contributed by atoms with Gasteiger partial charge < -0.3 is 5.11 Å². The number of nitrogens with zero attached hydrogens (tertiary/aromatic N) is 1. The number of nitrogens with one attached hydrogen (secondary N) is 1. The summed E-state index contributed by atoms with van der Waals surface area (Å²) in [6.07, 6.45) is 2.86. The number of aliphatic hydroxyl groups is 1. The molecule has 2 N–H and O–H groups in total. The van der Waals surface area contributed by atoms with E-state index in [4.69, 9.17) is 5.11 Å². The number of aliphatic hydroxyl groups excluding tert-OH is 1. The second kappa shape index (κ2) is 5.36. The number of sulfonamides is 1. The molecule has 1 aliphatic carbocycles. The fourth-order valence-corrected chi connectivity index (χ4v) is 4.58. The second-order valence-electron chi connectivity index (χ2n) is 4.76. The van der Waals surface area contributed by atoms with Crippen molar-refractivity contribution in [3.05, 3.63) is 40.2 Å². The molecule has 0 fully saturated rings. The molecule has 2 aromatic rings. The average molecular weight is 328 g/mol. The maximum absolute atomic E-state index is 13.3. The van der Waals surface area contributed by atoms with Crippen LogP contribution in [-0.2, 0) is 29.5 Å². The van der Waals surface area contributed by atoms with Crippen molar-refractivity contribution < 1.29 is 17.9 Å². The van der Waals surface area contributed by atoms with Crippen molar-refractivity contribution in [2.45, 2.75) is 30.8 Å². The number of aromatic nitrogens is 1. The highest BCUT2D eigenvalue weighted by atomic mass is 32.2. The minimum Gasteiger partial charge on any atom is -0.392 e. The number of halogens is 1. The summed E-state index contributed by atoms with van der Waals surface area (Å²) in [5.41, 5.74) is 0.896. The molecule has 0 radical (unpaired) electrons. The Morgan fingerprint density at radius 1 is 1.38 bits per heavy atom. The fraction of sp³-hybridized carbons (Fsp3) is 0.308. The van der Waals surface area contributed by atoms with Crippen molar-refractivity contribution in [2.75, 3.05) is 4.72 Å². The topological polar surface area (TPSA) is 79.3 Å². The molecule has 8 heteroatoms. The van der Waals surface area contributed by atoms with Gasteiger partial charge in [-0.05, 0) is 37.5 Å². The molecule has 1 aliphatic rings. The molecule has 1 aromatic heterocycles. The van der Waals surface area contributed by atoms with Crippen LogP contribution in [0.1, 0.15) is 22.6 Å². The van der Waals surface area contributed by atoms with E-state index in [-0.39, 0.29) is 10.5 Å². The molecule has 1 heterocycles. The molecule has 5 nitrogen and oxygen atoms in total. The van der Waals surface area contributed by atoms with Crippen LogP contribution in [0, 0.1) is 5.82 Å². The summed E-state index contributed by atoms with van der Waals surface area (Å²) >= 11 is 1.33. The average Bonchev–Trinajstić information content (AvgIpc) is 2.99. The summed E-state index contributed by atoms with van der Waals surface area (Å²) in [7, 11) is -3.83. The van der Waals surface area contributed by atoms with Gasteiger partial charge in [-0.15, -0.1) is 11.3 Å². The van der Waals surface area contributed by atoms with Crippen molar-refractivity contribution in [1.29, 1.82) is 0 Å². The molecular weight excluding hydrogens is 315 g/mol. The highest BCUT2D eigenvalue weighted by Crippen LogP contribution is 2.31. The van der Waals surface area contributed by atoms with Gasteiger partial charge in [-0.3, -0.25) is 4.72 Å². The third kappa shape index (κ3) is 2.78. The Balaban J connectivity index is 1.89. The number of hydrogen-bond donors (Lipinski definition) is 2. The number of aryl methyl sites for hydroxylation is 2. The van der Waals surface area contributed by atoms with Gasteiger partial charge in [-0.2, -0.15) is 0 Å². The van der Waals surface area contributed by atoms with Gasteiger partial charge in [0.05, 0.1) is 17.2 Å². The Labute approximate surface area is 125 Å². The normalized spacial score (nSPS) is 14.2. The van der Waals surface area contributed by atoms with Crippen LogP contribution in [0.25, 0.3) is 0 Å². The molecule has 3 rings (SSSR count). The number of rotatable bonds is 4. The number of hydrogen-bond acceptors (Lipinski definition) is 5. The monoisotopic (exact) mass is 328 g/mol. The lowest BCUT2D eigenvalue weighted by molar-refractivity contribution is 0.275. The zero-order valence-electron chi connectivity index (χ0n) is 11.0. The van der Waals surface area contributed by atoms with Gasteiger partial charge in [0.1, 0.15) is 5.82 Å². The van der Waals surface area contributed by atoms with Crippen molar-refractivity contribution in [2.24, 2.45) is 0 Å². The van der Waals surface area contributed by atoms with E-state index < -0.39 is 22.4 Å². The van der Waals surface area contributed by atoms with Crippen LogP contribution in [0.3, 0.4) is 0 Å². The molecule has 0 saturated heterocycles. The standard InChI is InChI=1S/C13H13FN2O3S2/c14-10-5-4-9(6-8(10)7-17)21(18,19)16-13-15-11-2-1-3-12(11)20-13/h4-6,17H,1-3,7H2,(H,15,16). The van der Waals surface area contributed by atoms with Crippen LogP contribution in [0.4, 0.5) is 9.52 Å². The summed E-state index contributed by atoms with van der Waals surface area (Å²) in [6, 6.07) is 3.32. The summed E-state index contributed by atoms with van der Waals surface area (Å²) < 4.78 is 40.2. The lowest BCUT2D eigenvalue weighted by Gasteiger charge is -2.07. The zero-order chi connectivity index (χ0) is 15.0. The predicted octanol–water partition coefficient (Wildman–Crippen LogP) is 2.06. The van der Waals surface area contributed by atoms with Gasteiger partial charge in [0.25, 0.3) is 10.0 Å². The second-order valence-corrected chi connectivity index (χ2v) is 7.53. The van der Waals surface area contributed by atoms with E-state index in [1.54, 1.807) is 0 Å². The Bertz CT molecular complexity index is 765. The van der Waals surface area contributed by atoms with Crippen LogP contribution in [0.15, 0.2) is 23.1 Å². The molecule has 1 aromatic carbocycles. The lowest BCUT2D eigenvalue weighted by atomic mass is 10.2. The van der Waals surface area contributed by atoms with Gasteiger partial charge in [0, 0.05) is 10.4 Å². The smallest absolute Gasteiger partial charge is 0.263 e. The predicted molar refractivity (Wildman–Crippen MR) is 77.3 cm³/mol. The molecule has 112 valence electrons. The molecule has 0 unspecified atom stereocenters. The van der Waals surface area contributed by atoms with E-state index in [1.165, 1.54) is 11.3 Å². The van der Waals surface area contributed by atoms with E-state index in [2.05, 4.69) is 9.71 Å². The van der Waals surface area contributed by atoms with Gasteiger partial charge in [0.2, 0.25) is 0 Å². The summed E-state index contributed by atoms with van der Waals surface area (Å²) in [5.74, 6) is -0.635. The first-order chi connectivity index (χ1) is 9.99.